The van der Waals surface area contributed by atoms with Crippen molar-refractivity contribution in [2.24, 2.45) is 0 Å². The lowest BCUT2D eigenvalue weighted by Crippen LogP contribution is -2.37. The molecular formula is C20H22N2O4S. The van der Waals surface area contributed by atoms with Gasteiger partial charge >= 0.3 is 5.97 Å². The molecule has 6 nitrogen and oxygen atoms in total. The molecule has 0 spiro atoms. The van der Waals surface area contributed by atoms with Gasteiger partial charge in [0.05, 0.1) is 17.9 Å². The number of para-hydroxylation sites is 1. The van der Waals surface area contributed by atoms with Gasteiger partial charge in [0.15, 0.2) is 11.7 Å². The second kappa shape index (κ2) is 9.68. The zero-order valence-corrected chi connectivity index (χ0v) is 16.3. The van der Waals surface area contributed by atoms with E-state index in [-0.39, 0.29) is 18.3 Å². The van der Waals surface area contributed by atoms with Crippen molar-refractivity contribution in [1.29, 1.82) is 0 Å². The Bertz CT molecular complexity index is 852. The number of esters is 1. The van der Waals surface area contributed by atoms with Gasteiger partial charge in [-0.3, -0.25) is 10.1 Å². The molecule has 0 fully saturated rings. The van der Waals surface area contributed by atoms with Crippen LogP contribution in [0.4, 0.5) is 5.69 Å². The Labute approximate surface area is 163 Å². The van der Waals surface area contributed by atoms with E-state index in [0.29, 0.717) is 17.0 Å². The Hall–Kier alpha value is -2.93. The predicted molar refractivity (Wildman–Crippen MR) is 108 cm³/mol. The smallest absolute Gasteiger partial charge is 0.340 e. The lowest BCUT2D eigenvalue weighted by atomic mass is 10.1. The number of aryl methyl sites for hydroxylation is 2. The highest BCUT2D eigenvalue weighted by atomic mass is 32.1. The van der Waals surface area contributed by atoms with Crippen LogP contribution in [-0.2, 0) is 9.53 Å². The average molecular weight is 386 g/mol. The van der Waals surface area contributed by atoms with E-state index in [4.69, 9.17) is 21.7 Å². The number of amides is 1. The van der Waals surface area contributed by atoms with Crippen LogP contribution in [0.25, 0.3) is 0 Å². The molecule has 1 amide bonds. The van der Waals surface area contributed by atoms with Gasteiger partial charge in [-0.05, 0) is 62.3 Å². The van der Waals surface area contributed by atoms with E-state index < -0.39 is 11.9 Å². The third-order valence-electron chi connectivity index (χ3n) is 3.63. The summed E-state index contributed by atoms with van der Waals surface area (Å²) >= 11 is 5.15. The van der Waals surface area contributed by atoms with Gasteiger partial charge in [-0.25, -0.2) is 4.79 Å². The number of hydrogen-bond acceptors (Lipinski definition) is 5. The van der Waals surface area contributed by atoms with E-state index in [2.05, 4.69) is 10.6 Å². The van der Waals surface area contributed by atoms with Crippen LogP contribution in [0.3, 0.4) is 0 Å². The fraction of sp³-hybridized carbons (Fsp3) is 0.250. The molecule has 2 rings (SSSR count). The topological polar surface area (TPSA) is 76.7 Å². The highest BCUT2D eigenvalue weighted by Gasteiger charge is 2.14. The molecule has 0 radical (unpaired) electrons. The number of anilines is 1. The Morgan fingerprint density at radius 3 is 2.59 bits per heavy atom. The zero-order valence-electron chi connectivity index (χ0n) is 15.5. The van der Waals surface area contributed by atoms with Crippen LogP contribution in [0.2, 0.25) is 0 Å². The molecule has 0 saturated heterocycles. The summed E-state index contributed by atoms with van der Waals surface area (Å²) in [6.07, 6.45) is 0. The first-order valence-electron chi connectivity index (χ1n) is 8.47. The SMILES string of the molecule is CCOC(=O)c1ccccc1NC(=S)NC(=O)COc1cc(C)ccc1C. The summed E-state index contributed by atoms with van der Waals surface area (Å²) in [4.78, 5) is 24.1. The molecule has 142 valence electrons. The first-order valence-corrected chi connectivity index (χ1v) is 8.88. The van der Waals surface area contributed by atoms with Crippen molar-refractivity contribution < 1.29 is 19.1 Å². The molecule has 0 aliphatic heterocycles. The van der Waals surface area contributed by atoms with Crippen molar-refractivity contribution in [2.45, 2.75) is 20.8 Å². The molecule has 0 aromatic heterocycles. The first-order chi connectivity index (χ1) is 12.9. The van der Waals surface area contributed by atoms with Crippen molar-refractivity contribution in [1.82, 2.24) is 5.32 Å². The van der Waals surface area contributed by atoms with Crippen LogP contribution in [0.15, 0.2) is 42.5 Å². The maximum atomic E-state index is 12.1. The van der Waals surface area contributed by atoms with Crippen LogP contribution in [0.5, 0.6) is 5.75 Å². The fourth-order valence-electron chi connectivity index (χ4n) is 2.30. The van der Waals surface area contributed by atoms with Gasteiger partial charge in [-0.1, -0.05) is 24.3 Å². The molecule has 0 unspecified atom stereocenters. The van der Waals surface area contributed by atoms with Gasteiger partial charge in [-0.15, -0.1) is 0 Å². The normalized spacial score (nSPS) is 10.0. The lowest BCUT2D eigenvalue weighted by molar-refractivity contribution is -0.121. The van der Waals surface area contributed by atoms with E-state index in [0.717, 1.165) is 11.1 Å². The first kappa shape index (κ1) is 20.4. The zero-order chi connectivity index (χ0) is 19.8. The largest absolute Gasteiger partial charge is 0.483 e. The fourth-order valence-corrected chi connectivity index (χ4v) is 2.53. The van der Waals surface area contributed by atoms with Gasteiger partial charge in [0, 0.05) is 0 Å². The lowest BCUT2D eigenvalue weighted by Gasteiger charge is -2.13. The summed E-state index contributed by atoms with van der Waals surface area (Å²) < 4.78 is 10.6. The second-order valence-electron chi connectivity index (χ2n) is 5.83. The minimum absolute atomic E-state index is 0.0707. The van der Waals surface area contributed by atoms with Gasteiger partial charge in [0.2, 0.25) is 0 Å². The number of benzene rings is 2. The molecule has 0 aliphatic carbocycles. The molecule has 2 N–H and O–H groups in total. The number of ether oxygens (including phenoxy) is 2. The van der Waals surface area contributed by atoms with E-state index >= 15 is 0 Å². The van der Waals surface area contributed by atoms with Crippen molar-refractivity contribution >= 4 is 34.9 Å². The predicted octanol–water partition coefficient (Wildman–Crippen LogP) is 3.37. The maximum absolute atomic E-state index is 12.1. The summed E-state index contributed by atoms with van der Waals surface area (Å²) in [5.74, 6) is -0.216. The number of hydrogen-bond donors (Lipinski definition) is 2. The van der Waals surface area contributed by atoms with Crippen LogP contribution in [0, 0.1) is 13.8 Å². The highest BCUT2D eigenvalue weighted by molar-refractivity contribution is 7.80. The summed E-state index contributed by atoms with van der Waals surface area (Å²) in [6, 6.07) is 12.5. The van der Waals surface area contributed by atoms with E-state index in [1.165, 1.54) is 0 Å². The maximum Gasteiger partial charge on any atom is 0.340 e. The Morgan fingerprint density at radius 2 is 1.85 bits per heavy atom. The summed E-state index contributed by atoms with van der Waals surface area (Å²) in [7, 11) is 0. The number of nitrogens with one attached hydrogen (secondary N) is 2. The third-order valence-corrected chi connectivity index (χ3v) is 3.83. The van der Waals surface area contributed by atoms with Crippen LogP contribution >= 0.6 is 12.2 Å². The number of thiocarbonyl (C=S) groups is 1. The highest BCUT2D eigenvalue weighted by Crippen LogP contribution is 2.19. The Balaban J connectivity index is 1.93. The average Bonchev–Trinajstić information content (AvgIpc) is 2.63. The summed E-state index contributed by atoms with van der Waals surface area (Å²) in [6.45, 7) is 5.68. The standard InChI is InChI=1S/C20H22N2O4S/c1-4-25-19(24)15-7-5-6-8-16(15)21-20(27)22-18(23)12-26-17-11-13(2)9-10-14(17)3/h5-11H,4,12H2,1-3H3,(H2,21,22,23,27). The number of rotatable bonds is 6. The Morgan fingerprint density at radius 1 is 1.11 bits per heavy atom. The molecule has 7 heteroatoms. The summed E-state index contributed by atoms with van der Waals surface area (Å²) in [5, 5.41) is 5.45. The van der Waals surface area contributed by atoms with Gasteiger partial charge < -0.3 is 14.8 Å². The monoisotopic (exact) mass is 386 g/mol. The molecular weight excluding hydrogens is 364 g/mol. The molecule has 27 heavy (non-hydrogen) atoms. The number of carbonyl (C=O) groups is 2. The molecule has 0 bridgehead atoms. The van der Waals surface area contributed by atoms with Gasteiger partial charge in [0.25, 0.3) is 5.91 Å². The van der Waals surface area contributed by atoms with E-state index in [1.54, 1.807) is 31.2 Å². The van der Waals surface area contributed by atoms with Crippen LogP contribution < -0.4 is 15.4 Å². The van der Waals surface area contributed by atoms with E-state index in [1.807, 2.05) is 32.0 Å². The molecule has 0 aliphatic rings. The quantitative estimate of drug-likeness (QED) is 0.586. The number of carbonyl (C=O) groups excluding carboxylic acids is 2. The van der Waals surface area contributed by atoms with E-state index in [9.17, 15) is 9.59 Å². The van der Waals surface area contributed by atoms with Crippen LogP contribution in [-0.4, -0.2) is 30.2 Å². The van der Waals surface area contributed by atoms with Gasteiger partial charge in [-0.2, -0.15) is 0 Å². The van der Waals surface area contributed by atoms with Crippen LogP contribution in [0.1, 0.15) is 28.4 Å². The molecule has 0 saturated carbocycles. The van der Waals surface area contributed by atoms with Crippen molar-refractivity contribution in [3.63, 3.8) is 0 Å². The van der Waals surface area contributed by atoms with Crippen molar-refractivity contribution in [2.75, 3.05) is 18.5 Å². The minimum atomic E-state index is -0.465. The summed E-state index contributed by atoms with van der Waals surface area (Å²) in [5.41, 5.74) is 2.78. The molecule has 2 aromatic carbocycles. The molecule has 2 aromatic rings. The third kappa shape index (κ3) is 6.07. The molecule has 0 heterocycles. The molecule has 0 atom stereocenters. The van der Waals surface area contributed by atoms with Crippen molar-refractivity contribution in [3.05, 3.63) is 59.2 Å². The van der Waals surface area contributed by atoms with Crippen molar-refractivity contribution in [3.8, 4) is 5.75 Å². The minimum Gasteiger partial charge on any atom is -0.483 e. The second-order valence-corrected chi connectivity index (χ2v) is 6.23. The Kier molecular flexibility index (Phi) is 7.31. The van der Waals surface area contributed by atoms with Gasteiger partial charge in [0.1, 0.15) is 5.75 Å².